The summed E-state index contributed by atoms with van der Waals surface area (Å²) in [5.41, 5.74) is 0.919. The number of alkyl halides is 3. The number of carbonyl (C=O) groups is 3. The van der Waals surface area contributed by atoms with Crippen molar-refractivity contribution in [3.63, 3.8) is 0 Å². The molecule has 11 heteroatoms. The minimum atomic E-state index is -1.82. The first-order valence-electron chi connectivity index (χ1n) is 7.69. The largest absolute Gasteiger partial charge is 0.497 e. The van der Waals surface area contributed by atoms with Crippen LogP contribution in [-0.4, -0.2) is 53.6 Å². The number of alkyl carbamates (subject to hydrolysis) is 1. The van der Waals surface area contributed by atoms with E-state index in [4.69, 9.17) is 39.5 Å². The first-order chi connectivity index (χ1) is 12.6. The molecule has 0 saturated carbocycles. The van der Waals surface area contributed by atoms with Crippen LogP contribution in [0.3, 0.4) is 0 Å². The van der Waals surface area contributed by atoms with Gasteiger partial charge >= 0.3 is 12.1 Å². The summed E-state index contributed by atoms with van der Waals surface area (Å²) in [5, 5.41) is 14.2. The molecule has 1 aromatic carbocycles. The van der Waals surface area contributed by atoms with Crippen LogP contribution in [0.15, 0.2) is 18.2 Å². The van der Waals surface area contributed by atoms with Gasteiger partial charge in [0.2, 0.25) is 3.79 Å². The van der Waals surface area contributed by atoms with Gasteiger partial charge in [0.1, 0.15) is 18.4 Å². The van der Waals surface area contributed by atoms with Gasteiger partial charge in [-0.1, -0.05) is 34.8 Å². The molecule has 0 aliphatic heterocycles. The van der Waals surface area contributed by atoms with E-state index in [1.807, 2.05) is 0 Å². The van der Waals surface area contributed by atoms with Crippen molar-refractivity contribution in [2.24, 2.45) is 0 Å². The molecule has 3 N–H and O–H groups in total. The van der Waals surface area contributed by atoms with Gasteiger partial charge in [-0.25, -0.2) is 9.59 Å². The number of aliphatic carboxylic acids is 1. The van der Waals surface area contributed by atoms with E-state index < -0.39 is 28.5 Å². The van der Waals surface area contributed by atoms with Crippen LogP contribution in [-0.2, 0) is 9.53 Å². The van der Waals surface area contributed by atoms with Crippen LogP contribution >= 0.6 is 34.8 Å². The quantitative estimate of drug-likeness (QED) is 0.398. The molecular formula is C16H19Cl3N2O6. The number of carbonyl (C=O) groups excluding carboxylic acids is 2. The van der Waals surface area contributed by atoms with Crippen molar-refractivity contribution < 1.29 is 29.0 Å². The highest BCUT2D eigenvalue weighted by atomic mass is 35.6. The smallest absolute Gasteiger partial charge is 0.407 e. The highest BCUT2D eigenvalue weighted by Crippen LogP contribution is 2.26. The van der Waals surface area contributed by atoms with Crippen molar-refractivity contribution in [3.05, 3.63) is 23.8 Å². The van der Waals surface area contributed by atoms with Gasteiger partial charge in [0.05, 0.1) is 7.11 Å². The summed E-state index contributed by atoms with van der Waals surface area (Å²) >= 11 is 16.3. The molecule has 0 radical (unpaired) electrons. The molecule has 1 rings (SSSR count). The van der Waals surface area contributed by atoms with Gasteiger partial charge in [0, 0.05) is 30.8 Å². The standard InChI is InChI=1S/C16H19Cl3N2O6/c1-20-12-7-9(26-2)3-4-10(12)13(22)6-5-11(14(23)24)21-15(25)27-8-16(17,18)19/h3-4,7,11,20H,5-6,8H2,1-2H3,(H,21,25)(H,23,24). The average Bonchev–Trinajstić information content (AvgIpc) is 2.61. The number of halogens is 3. The molecule has 27 heavy (non-hydrogen) atoms. The van der Waals surface area contributed by atoms with Crippen molar-refractivity contribution in [1.29, 1.82) is 0 Å². The molecule has 0 saturated heterocycles. The van der Waals surface area contributed by atoms with Crippen molar-refractivity contribution in [3.8, 4) is 5.75 Å². The van der Waals surface area contributed by atoms with Gasteiger partial charge in [-0.3, -0.25) is 4.79 Å². The van der Waals surface area contributed by atoms with Gasteiger partial charge in [-0.2, -0.15) is 0 Å². The molecule has 8 nitrogen and oxygen atoms in total. The number of nitrogens with one attached hydrogen (secondary N) is 2. The Morgan fingerprint density at radius 1 is 1.26 bits per heavy atom. The fourth-order valence-electron chi connectivity index (χ4n) is 2.10. The maximum atomic E-state index is 12.4. The summed E-state index contributed by atoms with van der Waals surface area (Å²) in [6.45, 7) is -0.549. The van der Waals surface area contributed by atoms with E-state index in [9.17, 15) is 19.5 Å². The molecular weight excluding hydrogens is 423 g/mol. The number of amides is 1. The van der Waals surface area contributed by atoms with E-state index in [1.165, 1.54) is 7.11 Å². The highest BCUT2D eigenvalue weighted by Gasteiger charge is 2.26. The van der Waals surface area contributed by atoms with Crippen molar-refractivity contribution in [1.82, 2.24) is 5.32 Å². The van der Waals surface area contributed by atoms with Crippen molar-refractivity contribution >= 4 is 58.3 Å². The third-order valence-electron chi connectivity index (χ3n) is 3.41. The maximum absolute atomic E-state index is 12.4. The van der Waals surface area contributed by atoms with Crippen LogP contribution in [0.25, 0.3) is 0 Å². The molecule has 1 amide bonds. The molecule has 1 unspecified atom stereocenters. The Balaban J connectivity index is 2.70. The number of carboxylic acid groups (broad SMARTS) is 1. The first kappa shape index (κ1) is 23.1. The number of ether oxygens (including phenoxy) is 2. The second-order valence-corrected chi connectivity index (χ2v) is 7.87. The minimum absolute atomic E-state index is 0.122. The van der Waals surface area contributed by atoms with E-state index in [1.54, 1.807) is 25.2 Å². The van der Waals surface area contributed by atoms with E-state index >= 15 is 0 Å². The fraction of sp³-hybridized carbons (Fsp3) is 0.438. The third kappa shape index (κ3) is 8.11. The number of methoxy groups -OCH3 is 1. The van der Waals surface area contributed by atoms with Crippen LogP contribution in [0.5, 0.6) is 5.75 Å². The van der Waals surface area contributed by atoms with Gasteiger partial charge in [0.25, 0.3) is 0 Å². The predicted molar refractivity (Wildman–Crippen MR) is 102 cm³/mol. The van der Waals surface area contributed by atoms with E-state index in [-0.39, 0.29) is 18.6 Å². The first-order valence-corrected chi connectivity index (χ1v) is 8.82. The van der Waals surface area contributed by atoms with E-state index in [0.29, 0.717) is 17.0 Å². The Morgan fingerprint density at radius 2 is 1.93 bits per heavy atom. The summed E-state index contributed by atoms with van der Waals surface area (Å²) in [4.78, 5) is 35.3. The lowest BCUT2D eigenvalue weighted by atomic mass is 10.0. The molecule has 0 aliphatic rings. The molecule has 0 aromatic heterocycles. The number of ketones is 1. The van der Waals surface area contributed by atoms with Crippen LogP contribution in [0.2, 0.25) is 0 Å². The molecule has 1 aromatic rings. The molecule has 0 heterocycles. The zero-order valence-corrected chi connectivity index (χ0v) is 16.8. The maximum Gasteiger partial charge on any atom is 0.407 e. The van der Waals surface area contributed by atoms with Crippen molar-refractivity contribution in [2.45, 2.75) is 22.7 Å². The van der Waals surface area contributed by atoms with Crippen LogP contribution in [0.4, 0.5) is 10.5 Å². The lowest BCUT2D eigenvalue weighted by Gasteiger charge is -2.16. The number of carboxylic acids is 1. The number of Topliss-reactive ketones (excluding diaryl/α,β-unsaturated/α-hetero) is 1. The summed E-state index contributed by atoms with van der Waals surface area (Å²) < 4.78 is 7.90. The predicted octanol–water partition coefficient (Wildman–Crippen LogP) is 3.25. The molecule has 0 bridgehead atoms. The Hall–Kier alpha value is -1.90. The average molecular weight is 442 g/mol. The second-order valence-electron chi connectivity index (χ2n) is 5.35. The Labute approximate surface area is 171 Å². The molecule has 0 fully saturated rings. The number of benzene rings is 1. The van der Waals surface area contributed by atoms with Crippen LogP contribution in [0, 0.1) is 0 Å². The molecule has 0 spiro atoms. The van der Waals surface area contributed by atoms with Gasteiger partial charge < -0.3 is 25.2 Å². The third-order valence-corrected chi connectivity index (χ3v) is 3.74. The van der Waals surface area contributed by atoms with Crippen LogP contribution < -0.4 is 15.4 Å². The van der Waals surface area contributed by atoms with E-state index in [2.05, 4.69) is 15.4 Å². The minimum Gasteiger partial charge on any atom is -0.497 e. The monoisotopic (exact) mass is 440 g/mol. The van der Waals surface area contributed by atoms with Crippen molar-refractivity contribution in [2.75, 3.05) is 26.1 Å². The Kier molecular flexibility index (Phi) is 8.95. The molecule has 0 aliphatic carbocycles. The second kappa shape index (κ2) is 10.4. The SMILES string of the molecule is CNc1cc(OC)ccc1C(=O)CCC(NC(=O)OCC(Cl)(Cl)Cl)C(=O)O. The topological polar surface area (TPSA) is 114 Å². The lowest BCUT2D eigenvalue weighted by molar-refractivity contribution is -0.139. The van der Waals surface area contributed by atoms with Crippen LogP contribution in [0.1, 0.15) is 23.2 Å². The number of anilines is 1. The zero-order valence-electron chi connectivity index (χ0n) is 14.6. The lowest BCUT2D eigenvalue weighted by Crippen LogP contribution is -2.42. The summed E-state index contributed by atoms with van der Waals surface area (Å²) in [7, 11) is 3.15. The number of hydrogen-bond acceptors (Lipinski definition) is 6. The Bertz CT molecular complexity index is 693. The molecule has 150 valence electrons. The molecule has 1 atom stereocenters. The van der Waals surface area contributed by atoms with Gasteiger partial charge in [-0.05, 0) is 18.6 Å². The van der Waals surface area contributed by atoms with E-state index in [0.717, 1.165) is 0 Å². The zero-order chi connectivity index (χ0) is 20.6. The fourth-order valence-corrected chi connectivity index (χ4v) is 2.26. The van der Waals surface area contributed by atoms with Gasteiger partial charge in [-0.15, -0.1) is 0 Å². The Morgan fingerprint density at radius 3 is 2.44 bits per heavy atom. The summed E-state index contributed by atoms with van der Waals surface area (Å²) in [5.74, 6) is -1.06. The number of rotatable bonds is 9. The van der Waals surface area contributed by atoms with Gasteiger partial charge in [0.15, 0.2) is 5.78 Å². The summed E-state index contributed by atoms with van der Waals surface area (Å²) in [6.07, 6.45) is -1.34. The number of hydrogen-bond donors (Lipinski definition) is 3. The summed E-state index contributed by atoms with van der Waals surface area (Å²) in [6, 6.07) is 3.50. The normalized spacial score (nSPS) is 12.0. The highest BCUT2D eigenvalue weighted by molar-refractivity contribution is 6.67.